The largest absolute Gasteiger partial charge is 0.371 e. The van der Waals surface area contributed by atoms with Crippen molar-refractivity contribution in [2.24, 2.45) is 0 Å². The van der Waals surface area contributed by atoms with E-state index in [2.05, 4.69) is 38.8 Å². The molecule has 1 unspecified atom stereocenters. The molecule has 0 heterocycles. The number of hydrogen-bond donors (Lipinski definition) is 0. The Bertz CT molecular complexity index is 423. The van der Waals surface area contributed by atoms with E-state index >= 15 is 0 Å². The van der Waals surface area contributed by atoms with Gasteiger partial charge in [0, 0.05) is 18.0 Å². The van der Waals surface area contributed by atoms with Gasteiger partial charge in [-0.05, 0) is 31.2 Å². The average Bonchev–Trinajstić information content (AvgIpc) is 2.38. The smallest absolute Gasteiger partial charge is 0.103 e. The van der Waals surface area contributed by atoms with Gasteiger partial charge >= 0.3 is 0 Å². The van der Waals surface area contributed by atoms with Crippen LogP contribution in [-0.2, 0) is 0 Å². The van der Waals surface area contributed by atoms with Crippen molar-refractivity contribution in [2.45, 2.75) is 44.6 Å². The van der Waals surface area contributed by atoms with Crippen LogP contribution in [0.2, 0.25) is 0 Å². The van der Waals surface area contributed by atoms with Gasteiger partial charge < -0.3 is 4.90 Å². The zero-order valence-electron chi connectivity index (χ0n) is 11.7. The van der Waals surface area contributed by atoms with Crippen LogP contribution in [0.15, 0.2) is 23.1 Å². The van der Waals surface area contributed by atoms with E-state index < -0.39 is 0 Å². The fourth-order valence-corrected chi connectivity index (χ4v) is 2.83. The van der Waals surface area contributed by atoms with Crippen LogP contribution in [0.5, 0.6) is 0 Å². The molecule has 0 saturated carbocycles. The van der Waals surface area contributed by atoms with Crippen LogP contribution in [0.3, 0.4) is 0 Å². The first kappa shape index (κ1) is 14.9. The summed E-state index contributed by atoms with van der Waals surface area (Å²) < 4.78 is 0. The van der Waals surface area contributed by atoms with Crippen molar-refractivity contribution in [3.63, 3.8) is 0 Å². The van der Waals surface area contributed by atoms with E-state index in [-0.39, 0.29) is 0 Å². The maximum absolute atomic E-state index is 9.40. The molecule has 0 aliphatic heterocycles. The van der Waals surface area contributed by atoms with Gasteiger partial charge in [-0.2, -0.15) is 5.26 Å². The van der Waals surface area contributed by atoms with Gasteiger partial charge in [0.15, 0.2) is 0 Å². The molecule has 0 aliphatic carbocycles. The van der Waals surface area contributed by atoms with Crippen LogP contribution < -0.4 is 4.90 Å². The maximum atomic E-state index is 9.40. The highest BCUT2D eigenvalue weighted by atomic mass is 32.2. The van der Waals surface area contributed by atoms with E-state index in [1.54, 1.807) is 11.8 Å². The predicted octanol–water partition coefficient (Wildman–Crippen LogP) is 4.30. The van der Waals surface area contributed by atoms with Gasteiger partial charge in [-0.3, -0.25) is 0 Å². The first-order valence-electron chi connectivity index (χ1n) is 6.54. The summed E-state index contributed by atoms with van der Waals surface area (Å²) in [7, 11) is 2.08. The fourth-order valence-electron chi connectivity index (χ4n) is 2.05. The van der Waals surface area contributed by atoms with Gasteiger partial charge in [0.25, 0.3) is 0 Å². The molecule has 2 nitrogen and oxygen atoms in total. The van der Waals surface area contributed by atoms with Crippen molar-refractivity contribution < 1.29 is 0 Å². The molecule has 1 rings (SSSR count). The SMILES string of the molecule is CCCC(C)N(C)c1cccc(SCC)c1C#N. The third-order valence-corrected chi connectivity index (χ3v) is 4.10. The molecule has 0 aromatic heterocycles. The Kier molecular flexibility index (Phi) is 6.07. The second-order valence-electron chi connectivity index (χ2n) is 4.44. The summed E-state index contributed by atoms with van der Waals surface area (Å²) in [5, 5.41) is 9.40. The van der Waals surface area contributed by atoms with Crippen LogP contribution in [-0.4, -0.2) is 18.8 Å². The highest BCUT2D eigenvalue weighted by Gasteiger charge is 2.15. The lowest BCUT2D eigenvalue weighted by Crippen LogP contribution is -2.29. The summed E-state index contributed by atoms with van der Waals surface area (Å²) in [6.45, 7) is 6.52. The van der Waals surface area contributed by atoms with E-state index in [9.17, 15) is 5.26 Å². The lowest BCUT2D eigenvalue weighted by Gasteiger charge is -2.28. The summed E-state index contributed by atoms with van der Waals surface area (Å²) >= 11 is 1.73. The fraction of sp³-hybridized carbons (Fsp3) is 0.533. The molecule has 0 aliphatic rings. The zero-order chi connectivity index (χ0) is 13.5. The molecule has 0 fully saturated rings. The van der Waals surface area contributed by atoms with Gasteiger partial charge in [0.05, 0.1) is 11.3 Å². The molecule has 0 N–H and O–H groups in total. The monoisotopic (exact) mass is 262 g/mol. The Morgan fingerprint density at radius 2 is 2.11 bits per heavy atom. The summed E-state index contributed by atoms with van der Waals surface area (Å²) in [5.41, 5.74) is 1.87. The van der Waals surface area contributed by atoms with Gasteiger partial charge in [0.2, 0.25) is 0 Å². The molecule has 1 aromatic rings. The number of benzene rings is 1. The predicted molar refractivity (Wildman–Crippen MR) is 80.3 cm³/mol. The van der Waals surface area contributed by atoms with Crippen molar-refractivity contribution in [1.29, 1.82) is 5.26 Å². The Balaban J connectivity index is 3.08. The third kappa shape index (κ3) is 3.43. The Labute approximate surface area is 115 Å². The van der Waals surface area contributed by atoms with E-state index in [1.165, 1.54) is 0 Å². The normalized spacial score (nSPS) is 11.9. The molecule has 0 spiro atoms. The van der Waals surface area contributed by atoms with Crippen LogP contribution in [0, 0.1) is 11.3 Å². The number of nitrogens with zero attached hydrogens (tertiary/aromatic N) is 2. The van der Waals surface area contributed by atoms with Gasteiger partial charge in [-0.15, -0.1) is 11.8 Å². The Morgan fingerprint density at radius 1 is 1.39 bits per heavy atom. The molecule has 0 amide bonds. The van der Waals surface area contributed by atoms with Gasteiger partial charge in [-0.25, -0.2) is 0 Å². The average molecular weight is 262 g/mol. The summed E-state index contributed by atoms with van der Waals surface area (Å²) in [4.78, 5) is 3.31. The minimum Gasteiger partial charge on any atom is -0.371 e. The molecule has 0 radical (unpaired) electrons. The van der Waals surface area contributed by atoms with E-state index in [1.807, 2.05) is 18.2 Å². The molecule has 0 saturated heterocycles. The number of thioether (sulfide) groups is 1. The lowest BCUT2D eigenvalue weighted by atomic mass is 10.1. The van der Waals surface area contributed by atoms with Crippen molar-refractivity contribution in [3.8, 4) is 6.07 Å². The molecule has 3 heteroatoms. The molecule has 0 bridgehead atoms. The summed E-state index contributed by atoms with van der Waals surface area (Å²) in [6.07, 6.45) is 2.31. The Hall–Kier alpha value is -1.14. The maximum Gasteiger partial charge on any atom is 0.103 e. The summed E-state index contributed by atoms with van der Waals surface area (Å²) in [6, 6.07) is 8.95. The van der Waals surface area contributed by atoms with Crippen LogP contribution in [0.1, 0.15) is 39.2 Å². The van der Waals surface area contributed by atoms with Crippen LogP contribution in [0.25, 0.3) is 0 Å². The first-order chi connectivity index (χ1) is 8.65. The molecular weight excluding hydrogens is 240 g/mol. The first-order valence-corrected chi connectivity index (χ1v) is 7.52. The van der Waals surface area contributed by atoms with Crippen molar-refractivity contribution >= 4 is 17.4 Å². The molecular formula is C15H22N2S. The van der Waals surface area contributed by atoms with Gasteiger partial charge in [0.1, 0.15) is 6.07 Å². The number of rotatable bonds is 6. The minimum atomic E-state index is 0.462. The highest BCUT2D eigenvalue weighted by Crippen LogP contribution is 2.30. The molecule has 18 heavy (non-hydrogen) atoms. The second kappa shape index (κ2) is 7.33. The van der Waals surface area contributed by atoms with Crippen molar-refractivity contribution in [1.82, 2.24) is 0 Å². The molecule has 1 atom stereocenters. The van der Waals surface area contributed by atoms with Crippen LogP contribution in [0.4, 0.5) is 5.69 Å². The van der Waals surface area contributed by atoms with E-state index in [4.69, 9.17) is 0 Å². The second-order valence-corrected chi connectivity index (χ2v) is 5.75. The topological polar surface area (TPSA) is 27.0 Å². The standard InChI is InChI=1S/C15H22N2S/c1-5-8-12(3)17(4)14-9-7-10-15(18-6-2)13(14)11-16/h7,9-10,12H,5-6,8H2,1-4H3. The quantitative estimate of drug-likeness (QED) is 0.715. The number of hydrogen-bond acceptors (Lipinski definition) is 3. The number of nitriles is 1. The van der Waals surface area contributed by atoms with Crippen molar-refractivity contribution in [2.75, 3.05) is 17.7 Å². The zero-order valence-corrected chi connectivity index (χ0v) is 12.5. The van der Waals surface area contributed by atoms with Crippen molar-refractivity contribution in [3.05, 3.63) is 23.8 Å². The third-order valence-electron chi connectivity index (χ3n) is 3.16. The van der Waals surface area contributed by atoms with Gasteiger partial charge in [-0.1, -0.05) is 26.3 Å². The highest BCUT2D eigenvalue weighted by molar-refractivity contribution is 7.99. The minimum absolute atomic E-state index is 0.462. The molecule has 1 aromatic carbocycles. The lowest BCUT2D eigenvalue weighted by molar-refractivity contribution is 0.615. The van der Waals surface area contributed by atoms with Crippen LogP contribution >= 0.6 is 11.8 Å². The Morgan fingerprint density at radius 3 is 2.67 bits per heavy atom. The van der Waals surface area contributed by atoms with E-state index in [0.29, 0.717) is 6.04 Å². The number of anilines is 1. The summed E-state index contributed by atoms with van der Waals surface area (Å²) in [5.74, 6) is 0.992. The van der Waals surface area contributed by atoms with E-state index in [0.717, 1.165) is 34.7 Å². The molecule has 98 valence electrons.